The van der Waals surface area contributed by atoms with Crippen LogP contribution in [0.5, 0.6) is 0 Å². The van der Waals surface area contributed by atoms with Crippen LogP contribution < -0.4 is 0 Å². The molecule has 0 unspecified atom stereocenters. The van der Waals surface area contributed by atoms with Crippen molar-refractivity contribution in [2.75, 3.05) is 20.1 Å². The molecular formula is C5H10N2O2. The van der Waals surface area contributed by atoms with E-state index >= 15 is 0 Å². The molecule has 1 heterocycles. The highest BCUT2D eigenvalue weighted by molar-refractivity contribution is 4.90. The van der Waals surface area contributed by atoms with Crippen LogP contribution in [0.1, 0.15) is 0 Å². The Balaban J connectivity index is 2.61. The lowest BCUT2D eigenvalue weighted by Crippen LogP contribution is -2.34. The Kier molecular flexibility index (Phi) is 1.48. The van der Waals surface area contributed by atoms with Crippen molar-refractivity contribution in [2.45, 2.75) is 0 Å². The van der Waals surface area contributed by atoms with Crippen LogP contribution in [0.4, 0.5) is 0 Å². The summed E-state index contributed by atoms with van der Waals surface area (Å²) in [6.07, 6.45) is 1.48. The van der Waals surface area contributed by atoms with Crippen molar-refractivity contribution in [1.82, 2.24) is 9.96 Å². The normalized spacial score (nSPS) is 20.0. The predicted octanol–water partition coefficient (Wildman–Crippen LogP) is -0.0201. The first-order valence-electron chi connectivity index (χ1n) is 2.77. The van der Waals surface area contributed by atoms with Crippen LogP contribution in [0.2, 0.25) is 0 Å². The van der Waals surface area contributed by atoms with Gasteiger partial charge in [-0.25, -0.2) is 5.06 Å². The van der Waals surface area contributed by atoms with Crippen molar-refractivity contribution in [1.29, 1.82) is 0 Å². The zero-order valence-electron chi connectivity index (χ0n) is 5.28. The summed E-state index contributed by atoms with van der Waals surface area (Å²) in [5.74, 6) is -0.0937. The Morgan fingerprint density at radius 3 is 2.67 bits per heavy atom. The Labute approximate surface area is 53.6 Å². The lowest BCUT2D eigenvalue weighted by molar-refractivity contribution is -0.105. The maximum Gasteiger partial charge on any atom is 0.227 e. The van der Waals surface area contributed by atoms with Gasteiger partial charge in [0.05, 0.1) is 12.7 Å². The van der Waals surface area contributed by atoms with E-state index in [1.165, 1.54) is 6.20 Å². The number of nitrogens with zero attached hydrogens (tertiary/aromatic N) is 2. The summed E-state index contributed by atoms with van der Waals surface area (Å²) < 4.78 is 0. The highest BCUT2D eigenvalue weighted by Crippen LogP contribution is 2.03. The zero-order chi connectivity index (χ0) is 6.85. The van der Waals surface area contributed by atoms with Crippen molar-refractivity contribution >= 4 is 0 Å². The predicted molar refractivity (Wildman–Crippen MR) is 31.8 cm³/mol. The minimum atomic E-state index is -0.0937. The molecule has 52 valence electrons. The largest absolute Gasteiger partial charge is 0.492 e. The second-order valence-corrected chi connectivity index (χ2v) is 2.09. The third-order valence-electron chi connectivity index (χ3n) is 1.26. The number of likely N-dealkylation sites (N-methyl/N-ethyl adjacent to an activating group) is 1. The molecule has 0 aromatic rings. The quantitative estimate of drug-likeness (QED) is 0.483. The highest BCUT2D eigenvalue weighted by Gasteiger charge is 2.11. The maximum absolute atomic E-state index is 8.84. The molecule has 0 aromatic carbocycles. The molecule has 1 rings (SSSR count). The van der Waals surface area contributed by atoms with Crippen molar-refractivity contribution in [3.63, 3.8) is 0 Å². The van der Waals surface area contributed by atoms with Crippen LogP contribution in [0.25, 0.3) is 0 Å². The molecule has 0 atom stereocenters. The van der Waals surface area contributed by atoms with Gasteiger partial charge in [0.25, 0.3) is 0 Å². The van der Waals surface area contributed by atoms with Gasteiger partial charge in [-0.15, -0.1) is 0 Å². The molecule has 9 heavy (non-hydrogen) atoms. The second-order valence-electron chi connectivity index (χ2n) is 2.09. The molecule has 0 saturated heterocycles. The van der Waals surface area contributed by atoms with E-state index in [1.54, 1.807) is 0 Å². The Bertz CT molecular complexity index is 135. The molecule has 4 nitrogen and oxygen atoms in total. The zero-order valence-corrected chi connectivity index (χ0v) is 5.28. The summed E-state index contributed by atoms with van der Waals surface area (Å²) >= 11 is 0. The van der Waals surface area contributed by atoms with Gasteiger partial charge in [0.2, 0.25) is 5.88 Å². The average molecular weight is 130 g/mol. The van der Waals surface area contributed by atoms with Crippen molar-refractivity contribution in [3.05, 3.63) is 12.1 Å². The smallest absolute Gasteiger partial charge is 0.227 e. The molecular weight excluding hydrogens is 120 g/mol. The second kappa shape index (κ2) is 2.14. The van der Waals surface area contributed by atoms with Crippen LogP contribution in [0.15, 0.2) is 12.1 Å². The third kappa shape index (κ3) is 1.26. The fourth-order valence-electron chi connectivity index (χ4n) is 0.695. The fraction of sp³-hybridized carbons (Fsp3) is 0.600. The van der Waals surface area contributed by atoms with Crippen LogP contribution >= 0.6 is 0 Å². The molecule has 0 aliphatic carbocycles. The highest BCUT2D eigenvalue weighted by atomic mass is 16.5. The summed E-state index contributed by atoms with van der Waals surface area (Å²) in [4.78, 5) is 1.81. The monoisotopic (exact) mass is 130 g/mol. The Hall–Kier alpha value is -0.900. The number of rotatable bonds is 0. The molecule has 0 spiro atoms. The lowest BCUT2D eigenvalue weighted by Gasteiger charge is -2.25. The SMILES string of the molecule is CN1C=C(O)N(O)CC1. The van der Waals surface area contributed by atoms with E-state index in [-0.39, 0.29) is 5.88 Å². The average Bonchev–Trinajstić information content (AvgIpc) is 1.80. The fourth-order valence-corrected chi connectivity index (χ4v) is 0.695. The standard InChI is InChI=1S/C5H10N2O2/c1-6-2-3-7(9)5(8)4-6/h4,8-9H,2-3H2,1H3. The van der Waals surface area contributed by atoms with Gasteiger partial charge in [-0.2, -0.15) is 0 Å². The van der Waals surface area contributed by atoms with Crippen LogP contribution in [0, 0.1) is 0 Å². The van der Waals surface area contributed by atoms with Crippen LogP contribution in [0.3, 0.4) is 0 Å². The molecule has 0 bridgehead atoms. The maximum atomic E-state index is 8.84. The molecule has 1 aliphatic rings. The number of aliphatic hydroxyl groups excluding tert-OH is 1. The van der Waals surface area contributed by atoms with Gasteiger partial charge in [-0.1, -0.05) is 0 Å². The summed E-state index contributed by atoms with van der Waals surface area (Å²) in [7, 11) is 1.84. The van der Waals surface area contributed by atoms with Crippen LogP contribution in [-0.4, -0.2) is 40.4 Å². The molecule has 0 saturated carbocycles. The first-order chi connectivity index (χ1) is 4.20. The van der Waals surface area contributed by atoms with E-state index in [0.29, 0.717) is 6.54 Å². The molecule has 0 aromatic heterocycles. The Morgan fingerprint density at radius 1 is 1.56 bits per heavy atom. The van der Waals surface area contributed by atoms with E-state index in [9.17, 15) is 0 Å². The summed E-state index contributed by atoms with van der Waals surface area (Å²) in [5, 5.41) is 18.4. The first-order valence-corrected chi connectivity index (χ1v) is 2.77. The van der Waals surface area contributed by atoms with Gasteiger partial charge in [-0.05, 0) is 0 Å². The van der Waals surface area contributed by atoms with E-state index in [4.69, 9.17) is 10.3 Å². The summed E-state index contributed by atoms with van der Waals surface area (Å²) in [6.45, 7) is 1.19. The lowest BCUT2D eigenvalue weighted by atomic mass is 10.5. The van der Waals surface area contributed by atoms with Gasteiger partial charge in [0.15, 0.2) is 0 Å². The minimum absolute atomic E-state index is 0.0937. The topological polar surface area (TPSA) is 46.9 Å². The number of aliphatic hydroxyl groups is 1. The van der Waals surface area contributed by atoms with Gasteiger partial charge in [-0.3, -0.25) is 5.21 Å². The molecule has 0 fully saturated rings. The van der Waals surface area contributed by atoms with Crippen LogP contribution in [-0.2, 0) is 0 Å². The minimum Gasteiger partial charge on any atom is -0.492 e. The van der Waals surface area contributed by atoms with Gasteiger partial charge < -0.3 is 10.0 Å². The number of hydrogen-bond acceptors (Lipinski definition) is 4. The van der Waals surface area contributed by atoms with Crippen molar-refractivity contribution in [3.8, 4) is 0 Å². The van der Waals surface area contributed by atoms with Gasteiger partial charge >= 0.3 is 0 Å². The number of hydroxylamine groups is 2. The van der Waals surface area contributed by atoms with Gasteiger partial charge in [0.1, 0.15) is 0 Å². The Morgan fingerprint density at radius 2 is 2.22 bits per heavy atom. The number of hydrogen-bond donors (Lipinski definition) is 2. The molecule has 0 amide bonds. The summed E-state index contributed by atoms with van der Waals surface area (Å²) in [5.41, 5.74) is 0. The molecule has 0 radical (unpaired) electrons. The van der Waals surface area contributed by atoms with Crippen molar-refractivity contribution in [2.24, 2.45) is 0 Å². The van der Waals surface area contributed by atoms with Crippen molar-refractivity contribution < 1.29 is 10.3 Å². The van der Waals surface area contributed by atoms with E-state index < -0.39 is 0 Å². The van der Waals surface area contributed by atoms with E-state index in [2.05, 4.69) is 0 Å². The van der Waals surface area contributed by atoms with E-state index in [0.717, 1.165) is 11.6 Å². The first kappa shape index (κ1) is 6.22. The van der Waals surface area contributed by atoms with E-state index in [1.807, 2.05) is 11.9 Å². The molecule has 4 heteroatoms. The summed E-state index contributed by atoms with van der Waals surface area (Å²) in [6, 6.07) is 0. The molecule has 2 N–H and O–H groups in total. The van der Waals surface area contributed by atoms with Gasteiger partial charge in [0, 0.05) is 13.6 Å². The third-order valence-corrected chi connectivity index (χ3v) is 1.26. The molecule has 1 aliphatic heterocycles.